The second kappa shape index (κ2) is 5.69. The van der Waals surface area contributed by atoms with E-state index in [1.807, 2.05) is 23.6 Å². The quantitative estimate of drug-likeness (QED) is 0.579. The normalized spacial score (nSPS) is 17.2. The Morgan fingerprint density at radius 1 is 1.20 bits per heavy atom. The topological polar surface area (TPSA) is 20.3 Å². The molecule has 20 heavy (non-hydrogen) atoms. The number of hydrogen-bond donors (Lipinski definition) is 0. The molecule has 0 bridgehead atoms. The molecule has 1 saturated heterocycles. The number of amides is 1. The molecule has 1 fully saturated rings. The van der Waals surface area contributed by atoms with E-state index in [-0.39, 0.29) is 5.91 Å². The highest BCUT2D eigenvalue weighted by atomic mass is 35.5. The monoisotopic (exact) mass is 337 g/mol. The van der Waals surface area contributed by atoms with E-state index in [4.69, 9.17) is 23.8 Å². The van der Waals surface area contributed by atoms with Gasteiger partial charge in [-0.1, -0.05) is 41.6 Å². The van der Waals surface area contributed by atoms with Crippen molar-refractivity contribution in [3.05, 3.63) is 56.6 Å². The lowest BCUT2D eigenvalue weighted by Gasteiger charge is -2.14. The summed E-state index contributed by atoms with van der Waals surface area (Å²) < 4.78 is 0.542. The molecule has 0 aliphatic carbocycles. The summed E-state index contributed by atoms with van der Waals surface area (Å²) in [7, 11) is 0. The van der Waals surface area contributed by atoms with E-state index >= 15 is 0 Å². The van der Waals surface area contributed by atoms with Crippen molar-refractivity contribution in [3.8, 4) is 0 Å². The molecule has 0 radical (unpaired) electrons. The van der Waals surface area contributed by atoms with Gasteiger partial charge in [0.05, 0.1) is 10.6 Å². The highest BCUT2D eigenvalue weighted by Crippen LogP contribution is 2.36. The van der Waals surface area contributed by atoms with Crippen molar-refractivity contribution in [2.75, 3.05) is 4.90 Å². The fourth-order valence-electron chi connectivity index (χ4n) is 1.78. The van der Waals surface area contributed by atoms with Crippen LogP contribution in [0, 0.1) is 0 Å². The largest absolute Gasteiger partial charge is 0.270 e. The van der Waals surface area contributed by atoms with E-state index in [1.165, 1.54) is 16.7 Å². The number of benzene rings is 1. The summed E-state index contributed by atoms with van der Waals surface area (Å²) in [6.07, 6.45) is 1.87. The molecule has 2 heterocycles. The highest BCUT2D eigenvalue weighted by molar-refractivity contribution is 8.27. The summed E-state index contributed by atoms with van der Waals surface area (Å²) in [6.45, 7) is 0. The minimum absolute atomic E-state index is 0.0873. The first-order valence-electron chi connectivity index (χ1n) is 5.72. The number of hydrogen-bond acceptors (Lipinski definition) is 4. The lowest BCUT2D eigenvalue weighted by atomic mass is 10.3. The Bertz CT molecular complexity index is 692. The highest BCUT2D eigenvalue weighted by Gasteiger charge is 2.33. The molecule has 1 aromatic carbocycles. The van der Waals surface area contributed by atoms with Crippen LogP contribution in [0.4, 0.5) is 5.69 Å². The maximum atomic E-state index is 12.4. The Labute approximate surface area is 135 Å². The van der Waals surface area contributed by atoms with Crippen LogP contribution in [0.25, 0.3) is 6.08 Å². The van der Waals surface area contributed by atoms with E-state index in [9.17, 15) is 4.79 Å². The Balaban J connectivity index is 1.93. The fourth-order valence-corrected chi connectivity index (χ4v) is 3.93. The molecule has 0 unspecified atom stereocenters. The van der Waals surface area contributed by atoms with Crippen LogP contribution in [-0.2, 0) is 4.79 Å². The van der Waals surface area contributed by atoms with Gasteiger partial charge in [-0.15, -0.1) is 11.3 Å². The molecule has 2 aromatic rings. The zero-order chi connectivity index (χ0) is 14.1. The molecular weight excluding hydrogens is 330 g/mol. The zero-order valence-electron chi connectivity index (χ0n) is 10.1. The molecule has 1 amide bonds. The number of rotatable bonds is 2. The standard InChI is InChI=1S/C14H8ClNOS3/c15-9-3-5-10(6-4-9)16-13(17)12(20-14(16)18)8-11-2-1-7-19-11/h1-8H/b12-8+. The van der Waals surface area contributed by atoms with Crippen molar-refractivity contribution < 1.29 is 4.79 Å². The van der Waals surface area contributed by atoms with Gasteiger partial charge in [0.25, 0.3) is 5.91 Å². The van der Waals surface area contributed by atoms with Crippen LogP contribution < -0.4 is 4.90 Å². The number of carbonyl (C=O) groups is 1. The smallest absolute Gasteiger partial charge is 0.268 e. The molecule has 2 nitrogen and oxygen atoms in total. The SMILES string of the molecule is O=C1/C(=C\c2cccs2)SC(=S)N1c1ccc(Cl)cc1. The van der Waals surface area contributed by atoms with Gasteiger partial charge in [0.2, 0.25) is 0 Å². The van der Waals surface area contributed by atoms with Crippen molar-refractivity contribution in [3.63, 3.8) is 0 Å². The van der Waals surface area contributed by atoms with Gasteiger partial charge in [-0.2, -0.15) is 0 Å². The van der Waals surface area contributed by atoms with E-state index in [0.29, 0.717) is 14.2 Å². The first-order chi connectivity index (χ1) is 9.65. The van der Waals surface area contributed by atoms with Gasteiger partial charge in [-0.05, 0) is 41.8 Å². The van der Waals surface area contributed by atoms with Crippen molar-refractivity contribution in [1.29, 1.82) is 0 Å². The number of carbonyl (C=O) groups excluding carboxylic acids is 1. The van der Waals surface area contributed by atoms with Gasteiger partial charge in [0, 0.05) is 9.90 Å². The predicted octanol–water partition coefficient (Wildman–Crippen LogP) is 4.81. The van der Waals surface area contributed by atoms with Crippen LogP contribution in [0.3, 0.4) is 0 Å². The number of anilines is 1. The van der Waals surface area contributed by atoms with E-state index in [0.717, 1.165) is 10.6 Å². The van der Waals surface area contributed by atoms with Gasteiger partial charge in [0.15, 0.2) is 4.32 Å². The summed E-state index contributed by atoms with van der Waals surface area (Å²) in [5.41, 5.74) is 0.742. The van der Waals surface area contributed by atoms with Crippen molar-refractivity contribution in [2.24, 2.45) is 0 Å². The third-order valence-electron chi connectivity index (χ3n) is 2.70. The lowest BCUT2D eigenvalue weighted by Crippen LogP contribution is -2.27. The third kappa shape index (κ3) is 2.67. The van der Waals surface area contributed by atoms with Crippen molar-refractivity contribution in [1.82, 2.24) is 0 Å². The summed E-state index contributed by atoms with van der Waals surface area (Å²) in [5, 5.41) is 2.61. The average Bonchev–Trinajstić information content (AvgIpc) is 3.02. The molecule has 1 aliphatic rings. The Morgan fingerprint density at radius 2 is 1.95 bits per heavy atom. The van der Waals surface area contributed by atoms with Crippen LogP contribution >= 0.6 is 46.9 Å². The Kier molecular flexibility index (Phi) is 3.94. The molecule has 6 heteroatoms. The number of thioether (sulfide) groups is 1. The predicted molar refractivity (Wildman–Crippen MR) is 91.4 cm³/mol. The molecule has 100 valence electrons. The molecule has 1 aliphatic heterocycles. The van der Waals surface area contributed by atoms with Crippen LogP contribution in [0.1, 0.15) is 4.88 Å². The molecular formula is C14H8ClNOS3. The van der Waals surface area contributed by atoms with Crippen LogP contribution in [0.2, 0.25) is 5.02 Å². The second-order valence-corrected chi connectivity index (χ2v) is 7.10. The van der Waals surface area contributed by atoms with E-state index < -0.39 is 0 Å². The molecule has 0 N–H and O–H groups in total. The summed E-state index contributed by atoms with van der Waals surface area (Å²) in [4.78, 5) is 15.7. The van der Waals surface area contributed by atoms with Crippen molar-refractivity contribution in [2.45, 2.75) is 0 Å². The molecule has 0 saturated carbocycles. The van der Waals surface area contributed by atoms with E-state index in [1.54, 1.807) is 35.6 Å². The third-order valence-corrected chi connectivity index (χ3v) is 5.07. The van der Waals surface area contributed by atoms with Gasteiger partial charge in [-0.25, -0.2) is 0 Å². The number of nitrogens with zero attached hydrogens (tertiary/aromatic N) is 1. The molecule has 1 aromatic heterocycles. The second-order valence-electron chi connectivity index (χ2n) is 4.01. The van der Waals surface area contributed by atoms with Gasteiger partial charge < -0.3 is 0 Å². The number of thiophene rings is 1. The average molecular weight is 338 g/mol. The Hall–Kier alpha value is -1.14. The van der Waals surface area contributed by atoms with Crippen LogP contribution in [-0.4, -0.2) is 10.2 Å². The zero-order valence-corrected chi connectivity index (χ0v) is 13.3. The summed E-state index contributed by atoms with van der Waals surface area (Å²) >= 11 is 14.1. The minimum atomic E-state index is -0.0873. The van der Waals surface area contributed by atoms with Gasteiger partial charge in [-0.3, -0.25) is 9.69 Å². The van der Waals surface area contributed by atoms with Crippen LogP contribution in [0.15, 0.2) is 46.7 Å². The fraction of sp³-hybridized carbons (Fsp3) is 0. The molecule has 0 atom stereocenters. The van der Waals surface area contributed by atoms with Crippen molar-refractivity contribution >= 4 is 68.9 Å². The first kappa shape index (κ1) is 13.8. The van der Waals surface area contributed by atoms with Crippen LogP contribution in [0.5, 0.6) is 0 Å². The molecule has 0 spiro atoms. The van der Waals surface area contributed by atoms with Gasteiger partial charge in [0.1, 0.15) is 0 Å². The lowest BCUT2D eigenvalue weighted by molar-refractivity contribution is -0.113. The maximum Gasteiger partial charge on any atom is 0.270 e. The molecule has 3 rings (SSSR count). The van der Waals surface area contributed by atoms with Gasteiger partial charge >= 0.3 is 0 Å². The maximum absolute atomic E-state index is 12.4. The summed E-state index contributed by atoms with van der Waals surface area (Å²) in [6, 6.07) is 11.0. The van der Waals surface area contributed by atoms with E-state index in [2.05, 4.69) is 0 Å². The number of thiocarbonyl (C=S) groups is 1. The first-order valence-corrected chi connectivity index (χ1v) is 8.20. The summed E-state index contributed by atoms with van der Waals surface area (Å²) in [5.74, 6) is -0.0873. The minimum Gasteiger partial charge on any atom is -0.268 e. The number of halogens is 1. The Morgan fingerprint density at radius 3 is 2.60 bits per heavy atom.